The fourth-order valence-electron chi connectivity index (χ4n) is 2.39. The molecule has 1 amide bonds. The largest absolute Gasteiger partial charge is 0.492 e. The number of carbonyl (C=O) groups is 2. The molecule has 146 valence electrons. The summed E-state index contributed by atoms with van der Waals surface area (Å²) in [6, 6.07) is 6.10. The van der Waals surface area contributed by atoms with Crippen molar-refractivity contribution in [2.45, 2.75) is 64.7 Å². The van der Waals surface area contributed by atoms with E-state index in [4.69, 9.17) is 9.84 Å². The van der Waals surface area contributed by atoms with Gasteiger partial charge in [-0.2, -0.15) is 0 Å². The SMILES string of the molecule is CC(C)(C)c1ccc(OCCCC(=O)NCCCCCC(=O)O)c(Br)c1. The Labute approximate surface area is 164 Å². The summed E-state index contributed by atoms with van der Waals surface area (Å²) in [5.74, 6) is 0.0273. The summed E-state index contributed by atoms with van der Waals surface area (Å²) in [5.41, 5.74) is 1.33. The van der Waals surface area contributed by atoms with Crippen LogP contribution >= 0.6 is 15.9 Å². The zero-order chi connectivity index (χ0) is 19.6. The molecule has 0 atom stereocenters. The lowest BCUT2D eigenvalue weighted by atomic mass is 9.87. The predicted octanol–water partition coefficient (Wildman–Crippen LogP) is 4.67. The van der Waals surface area contributed by atoms with Crippen LogP contribution in [0.15, 0.2) is 22.7 Å². The Morgan fingerprint density at radius 2 is 1.85 bits per heavy atom. The second-order valence-electron chi connectivity index (χ2n) is 7.40. The van der Waals surface area contributed by atoms with Gasteiger partial charge in [-0.15, -0.1) is 0 Å². The van der Waals surface area contributed by atoms with Crippen molar-refractivity contribution in [1.82, 2.24) is 5.32 Å². The van der Waals surface area contributed by atoms with Crippen molar-refractivity contribution in [3.05, 3.63) is 28.2 Å². The maximum Gasteiger partial charge on any atom is 0.303 e. The van der Waals surface area contributed by atoms with Crippen LogP contribution in [0.2, 0.25) is 0 Å². The van der Waals surface area contributed by atoms with Crippen LogP contribution in [-0.4, -0.2) is 30.1 Å². The van der Waals surface area contributed by atoms with Gasteiger partial charge in [0.2, 0.25) is 5.91 Å². The fourth-order valence-corrected chi connectivity index (χ4v) is 2.89. The number of unbranched alkanes of at least 4 members (excludes halogenated alkanes) is 2. The van der Waals surface area contributed by atoms with E-state index >= 15 is 0 Å². The molecule has 26 heavy (non-hydrogen) atoms. The van der Waals surface area contributed by atoms with Gasteiger partial charge in [-0.3, -0.25) is 9.59 Å². The van der Waals surface area contributed by atoms with Crippen LogP contribution < -0.4 is 10.1 Å². The summed E-state index contributed by atoms with van der Waals surface area (Å²) in [5, 5.41) is 11.4. The molecule has 0 unspecified atom stereocenters. The zero-order valence-corrected chi connectivity index (χ0v) is 17.5. The zero-order valence-electron chi connectivity index (χ0n) is 15.9. The molecule has 1 aromatic carbocycles. The Morgan fingerprint density at radius 1 is 1.12 bits per heavy atom. The van der Waals surface area contributed by atoms with Crippen LogP contribution in [0, 0.1) is 0 Å². The standard InChI is InChI=1S/C20H30BrNO4/c1-20(2,3)15-10-11-17(16(21)14-15)26-13-7-8-18(23)22-12-6-4-5-9-19(24)25/h10-11,14H,4-9,12-13H2,1-3H3,(H,22,23)(H,24,25). The summed E-state index contributed by atoms with van der Waals surface area (Å²) in [4.78, 5) is 22.1. The molecule has 0 spiro atoms. The van der Waals surface area contributed by atoms with Crippen LogP contribution in [0.4, 0.5) is 0 Å². The summed E-state index contributed by atoms with van der Waals surface area (Å²) in [6.45, 7) is 7.58. The molecule has 1 aromatic rings. The van der Waals surface area contributed by atoms with Crippen molar-refractivity contribution in [1.29, 1.82) is 0 Å². The lowest BCUT2D eigenvalue weighted by Crippen LogP contribution is -2.24. The van der Waals surface area contributed by atoms with Gasteiger partial charge >= 0.3 is 5.97 Å². The predicted molar refractivity (Wildman–Crippen MR) is 107 cm³/mol. The van der Waals surface area contributed by atoms with Crippen LogP contribution in [0.3, 0.4) is 0 Å². The minimum atomic E-state index is -0.770. The molecule has 0 fully saturated rings. The van der Waals surface area contributed by atoms with E-state index in [0.717, 1.165) is 23.1 Å². The highest BCUT2D eigenvalue weighted by Crippen LogP contribution is 2.31. The van der Waals surface area contributed by atoms with Crippen molar-refractivity contribution in [2.24, 2.45) is 0 Å². The van der Waals surface area contributed by atoms with Crippen molar-refractivity contribution < 1.29 is 19.4 Å². The first kappa shape index (κ1) is 22.5. The summed E-state index contributed by atoms with van der Waals surface area (Å²) >= 11 is 3.54. The van der Waals surface area contributed by atoms with Gasteiger partial charge in [-0.1, -0.05) is 33.3 Å². The third-order valence-corrected chi connectivity index (χ3v) is 4.61. The Balaban J connectivity index is 2.18. The van der Waals surface area contributed by atoms with Crippen LogP contribution in [0.5, 0.6) is 5.75 Å². The van der Waals surface area contributed by atoms with Gasteiger partial charge in [0.25, 0.3) is 0 Å². The van der Waals surface area contributed by atoms with E-state index in [-0.39, 0.29) is 17.7 Å². The second kappa shape index (κ2) is 11.2. The molecule has 1 rings (SSSR count). The third kappa shape index (κ3) is 9.22. The van der Waals surface area contributed by atoms with Gasteiger partial charge in [0, 0.05) is 19.4 Å². The topological polar surface area (TPSA) is 75.6 Å². The van der Waals surface area contributed by atoms with Gasteiger partial charge in [-0.25, -0.2) is 0 Å². The molecule has 0 aliphatic rings. The van der Waals surface area contributed by atoms with E-state index < -0.39 is 5.97 Å². The molecule has 0 aromatic heterocycles. The first-order chi connectivity index (χ1) is 12.2. The number of carbonyl (C=O) groups excluding carboxylic acids is 1. The third-order valence-electron chi connectivity index (χ3n) is 3.99. The molecular weight excluding hydrogens is 398 g/mol. The highest BCUT2D eigenvalue weighted by molar-refractivity contribution is 9.10. The molecule has 0 aliphatic heterocycles. The first-order valence-electron chi connectivity index (χ1n) is 9.11. The summed E-state index contributed by atoms with van der Waals surface area (Å²) in [6.07, 6.45) is 3.54. The number of nitrogens with one attached hydrogen (secondary N) is 1. The van der Waals surface area contributed by atoms with Crippen molar-refractivity contribution in [2.75, 3.05) is 13.2 Å². The fraction of sp³-hybridized carbons (Fsp3) is 0.600. The molecule has 0 saturated carbocycles. The number of rotatable bonds is 11. The monoisotopic (exact) mass is 427 g/mol. The highest BCUT2D eigenvalue weighted by atomic mass is 79.9. The molecule has 5 nitrogen and oxygen atoms in total. The van der Waals surface area contributed by atoms with Crippen LogP contribution in [0.1, 0.15) is 64.9 Å². The molecular formula is C20H30BrNO4. The number of carboxylic acid groups (broad SMARTS) is 1. The number of amides is 1. The van der Waals surface area contributed by atoms with Gasteiger partial charge in [0.1, 0.15) is 5.75 Å². The number of benzene rings is 1. The van der Waals surface area contributed by atoms with E-state index in [1.54, 1.807) is 0 Å². The van der Waals surface area contributed by atoms with Crippen molar-refractivity contribution in [3.8, 4) is 5.75 Å². The molecule has 0 heterocycles. The molecule has 0 bridgehead atoms. The first-order valence-corrected chi connectivity index (χ1v) is 9.91. The maximum absolute atomic E-state index is 11.7. The van der Waals surface area contributed by atoms with Crippen LogP contribution in [-0.2, 0) is 15.0 Å². The van der Waals surface area contributed by atoms with E-state index in [1.165, 1.54) is 5.56 Å². The van der Waals surface area contributed by atoms with Crippen molar-refractivity contribution >= 4 is 27.8 Å². The number of ether oxygens (including phenoxy) is 1. The van der Waals surface area contributed by atoms with Gasteiger partial charge in [-0.05, 0) is 58.3 Å². The lowest BCUT2D eigenvalue weighted by Gasteiger charge is -2.20. The molecule has 0 radical (unpaired) electrons. The quantitative estimate of drug-likeness (QED) is 0.503. The van der Waals surface area contributed by atoms with E-state index in [1.807, 2.05) is 6.07 Å². The van der Waals surface area contributed by atoms with Gasteiger partial charge < -0.3 is 15.2 Å². The number of hydrogen-bond donors (Lipinski definition) is 2. The van der Waals surface area contributed by atoms with Crippen molar-refractivity contribution in [3.63, 3.8) is 0 Å². The molecule has 6 heteroatoms. The smallest absolute Gasteiger partial charge is 0.303 e. The highest BCUT2D eigenvalue weighted by Gasteiger charge is 2.15. The average Bonchev–Trinajstić information content (AvgIpc) is 2.54. The maximum atomic E-state index is 11.7. The normalized spacial score (nSPS) is 11.2. The van der Waals surface area contributed by atoms with E-state index in [0.29, 0.717) is 32.4 Å². The van der Waals surface area contributed by atoms with E-state index in [2.05, 4.69) is 54.2 Å². The summed E-state index contributed by atoms with van der Waals surface area (Å²) < 4.78 is 6.68. The lowest BCUT2D eigenvalue weighted by molar-refractivity contribution is -0.137. The molecule has 0 saturated heterocycles. The number of carboxylic acids is 1. The van der Waals surface area contributed by atoms with E-state index in [9.17, 15) is 9.59 Å². The minimum Gasteiger partial charge on any atom is -0.492 e. The Kier molecular flexibility index (Phi) is 9.70. The Hall–Kier alpha value is -1.56. The molecule has 0 aliphatic carbocycles. The van der Waals surface area contributed by atoms with Crippen LogP contribution in [0.25, 0.3) is 0 Å². The average molecular weight is 428 g/mol. The number of aliphatic carboxylic acids is 1. The minimum absolute atomic E-state index is 0.00832. The Morgan fingerprint density at radius 3 is 2.46 bits per heavy atom. The Bertz CT molecular complexity index is 596. The van der Waals surface area contributed by atoms with Gasteiger partial charge in [0.05, 0.1) is 11.1 Å². The van der Waals surface area contributed by atoms with Gasteiger partial charge in [0.15, 0.2) is 0 Å². The number of halogens is 1. The number of hydrogen-bond acceptors (Lipinski definition) is 3. The molecule has 2 N–H and O–H groups in total. The second-order valence-corrected chi connectivity index (χ2v) is 8.26. The summed E-state index contributed by atoms with van der Waals surface area (Å²) in [7, 11) is 0.